The Morgan fingerprint density at radius 3 is 1.26 bits per heavy atom. The highest BCUT2D eigenvalue weighted by Gasteiger charge is 2.23. The number of unbranched alkanes of at least 4 members (excludes halogenated alkanes) is 20. The van der Waals surface area contributed by atoms with Gasteiger partial charge in [-0.2, -0.15) is 0 Å². The number of hydrogen-bond donors (Lipinski definition) is 0. The van der Waals surface area contributed by atoms with E-state index in [4.69, 9.17) is 9.97 Å². The third kappa shape index (κ3) is 13.5. The Kier molecular flexibility index (Phi) is 21.1. The maximum atomic E-state index is 5.78. The van der Waals surface area contributed by atoms with E-state index in [2.05, 4.69) is 103 Å². The van der Waals surface area contributed by atoms with Crippen LogP contribution in [0.5, 0.6) is 0 Å². The number of benzene rings is 2. The molecule has 0 saturated heterocycles. The van der Waals surface area contributed by atoms with E-state index in [0.717, 1.165) is 23.9 Å². The Balaban J connectivity index is 1.30. The molecule has 5 heterocycles. The fraction of sp³-hybridized carbons (Fsp3) is 0.581. The first-order valence-electron chi connectivity index (χ1n) is 27.7. The third-order valence-corrected chi connectivity index (χ3v) is 19.7. The molecule has 0 unspecified atom stereocenters. The molecule has 2 aromatic carbocycles. The second-order valence-electron chi connectivity index (χ2n) is 20.4. The highest BCUT2D eigenvalue weighted by Crippen LogP contribution is 2.49. The molecule has 0 N–H and O–H groups in total. The fourth-order valence-electron chi connectivity index (χ4n) is 10.6. The van der Waals surface area contributed by atoms with Gasteiger partial charge in [0.05, 0.1) is 31.8 Å². The molecule has 368 valence electrons. The molecule has 0 amide bonds. The van der Waals surface area contributed by atoms with Crippen molar-refractivity contribution < 1.29 is 0 Å². The van der Waals surface area contributed by atoms with Gasteiger partial charge in [0.15, 0.2) is 0 Å². The molecule has 0 aliphatic rings. The van der Waals surface area contributed by atoms with Crippen molar-refractivity contribution in [2.24, 2.45) is 0 Å². The lowest BCUT2D eigenvalue weighted by Gasteiger charge is -2.14. The largest absolute Gasteiger partial charge is 0.249 e. The summed E-state index contributed by atoms with van der Waals surface area (Å²) in [6, 6.07) is 14.8. The van der Waals surface area contributed by atoms with Gasteiger partial charge in [0, 0.05) is 40.4 Å². The highest BCUT2D eigenvalue weighted by atomic mass is 32.1. The van der Waals surface area contributed by atoms with E-state index in [0.29, 0.717) is 0 Å². The minimum Gasteiger partial charge on any atom is -0.249 e. The van der Waals surface area contributed by atoms with Crippen LogP contribution in [-0.2, 0) is 25.7 Å². The van der Waals surface area contributed by atoms with Crippen molar-refractivity contribution in [1.82, 2.24) is 9.97 Å². The van der Waals surface area contributed by atoms with Gasteiger partial charge >= 0.3 is 0 Å². The van der Waals surface area contributed by atoms with Crippen LogP contribution >= 0.6 is 45.3 Å². The molecule has 7 rings (SSSR count). The van der Waals surface area contributed by atoms with Gasteiger partial charge in [-0.15, -0.1) is 45.3 Å². The van der Waals surface area contributed by atoms with Gasteiger partial charge in [0.2, 0.25) is 0 Å². The van der Waals surface area contributed by atoms with E-state index in [1.165, 1.54) is 239 Å². The monoisotopic (exact) mass is 987 g/mol. The van der Waals surface area contributed by atoms with Crippen molar-refractivity contribution in [1.29, 1.82) is 0 Å². The van der Waals surface area contributed by atoms with Crippen LogP contribution < -0.4 is 0 Å². The van der Waals surface area contributed by atoms with E-state index in [1.807, 2.05) is 34.0 Å². The number of aryl methyl sites for hydroxylation is 8. The lowest BCUT2D eigenvalue weighted by molar-refractivity contribution is 0.593. The zero-order valence-electron chi connectivity index (χ0n) is 43.8. The number of nitrogens with zero attached hydrogens (tertiary/aromatic N) is 2. The summed E-state index contributed by atoms with van der Waals surface area (Å²) in [5, 5.41) is 3.10. The molecule has 7 aromatic rings. The fourth-order valence-corrected chi connectivity index (χ4v) is 15.4. The summed E-state index contributed by atoms with van der Waals surface area (Å²) in [5.74, 6) is 0. The summed E-state index contributed by atoms with van der Waals surface area (Å²) in [7, 11) is 0. The maximum Gasteiger partial charge on any atom is 0.0983 e. The van der Waals surface area contributed by atoms with E-state index >= 15 is 0 Å². The average Bonchev–Trinajstić information content (AvgIpc) is 4.13. The second kappa shape index (κ2) is 27.1. The lowest BCUT2D eigenvalue weighted by Crippen LogP contribution is -2.05. The maximum absolute atomic E-state index is 5.78. The molecule has 0 radical (unpaired) electrons. The van der Waals surface area contributed by atoms with Gasteiger partial charge in [-0.1, -0.05) is 168 Å². The predicted molar refractivity (Wildman–Crippen MR) is 310 cm³/mol. The molecular weight excluding hydrogens is 901 g/mol. The summed E-state index contributed by atoms with van der Waals surface area (Å²) in [4.78, 5) is 19.9. The Morgan fingerprint density at radius 2 is 0.794 bits per heavy atom. The van der Waals surface area contributed by atoms with Crippen LogP contribution in [0.3, 0.4) is 0 Å². The third-order valence-electron chi connectivity index (χ3n) is 14.7. The van der Waals surface area contributed by atoms with Crippen molar-refractivity contribution in [3.05, 3.63) is 79.8 Å². The molecule has 0 saturated carbocycles. The molecule has 0 aliphatic heterocycles. The topological polar surface area (TPSA) is 25.8 Å². The van der Waals surface area contributed by atoms with Gasteiger partial charge in [0.1, 0.15) is 0 Å². The molecule has 0 bridgehead atoms. The number of hydrogen-bond acceptors (Lipinski definition) is 6. The number of rotatable bonds is 31. The van der Waals surface area contributed by atoms with Crippen LogP contribution in [0.2, 0.25) is 0 Å². The van der Waals surface area contributed by atoms with Crippen molar-refractivity contribution in [2.45, 2.75) is 235 Å². The molecule has 2 nitrogen and oxygen atoms in total. The Morgan fingerprint density at radius 1 is 0.382 bits per heavy atom. The Labute approximate surface area is 429 Å². The summed E-state index contributed by atoms with van der Waals surface area (Å²) in [5.41, 5.74) is 13.3. The highest BCUT2D eigenvalue weighted by molar-refractivity contribution is 7.31. The van der Waals surface area contributed by atoms with Gasteiger partial charge in [0.25, 0.3) is 0 Å². The standard InChI is InChI=1S/C62H86N2S4/c1-9-13-17-21-25-29-33-47-48(34-30-26-22-18-14-10-2)52-42-57(68-62(52)61-51(47)41-45(7)65-61)60-44(6)40-56(67-60)50-38-37-49(55-39-43(5)46(8)66-55)58-59(50)64-54(36-32-28-24-20-16-12-4)53(63-58)35-31-27-23-19-15-11-3/h37-42H,9-36H2,1-8H3. The SMILES string of the molecule is CCCCCCCCc1nc2c(-c3cc(C)c(C)s3)ccc(-c3cc(C)c(-c4cc5c(CCCCCCCC)c(CCCCCCCC)c6cc(C)sc6c5s4)s3)c2nc1CCCCCCCC. The number of thiophene rings is 4. The van der Waals surface area contributed by atoms with E-state index in [9.17, 15) is 0 Å². The first-order chi connectivity index (χ1) is 33.3. The van der Waals surface area contributed by atoms with Crippen molar-refractivity contribution >= 4 is 76.6 Å². The van der Waals surface area contributed by atoms with Crippen LogP contribution in [0, 0.1) is 27.7 Å². The smallest absolute Gasteiger partial charge is 0.0983 e. The quantitative estimate of drug-likeness (QED) is 0.0405. The van der Waals surface area contributed by atoms with Crippen LogP contribution in [0.25, 0.3) is 61.8 Å². The van der Waals surface area contributed by atoms with Gasteiger partial charge < -0.3 is 0 Å². The van der Waals surface area contributed by atoms with E-state index in [1.54, 1.807) is 21.9 Å². The zero-order valence-corrected chi connectivity index (χ0v) is 47.1. The first-order valence-corrected chi connectivity index (χ1v) is 31.0. The van der Waals surface area contributed by atoms with Gasteiger partial charge in [-0.05, 0) is 136 Å². The Bertz CT molecular complexity index is 2630. The van der Waals surface area contributed by atoms with Crippen molar-refractivity contribution in [3.63, 3.8) is 0 Å². The molecule has 5 aromatic heterocycles. The normalized spacial score (nSPS) is 12.0. The second-order valence-corrected chi connectivity index (χ2v) is 25.0. The summed E-state index contributed by atoms with van der Waals surface area (Å²) < 4.78 is 3.05. The van der Waals surface area contributed by atoms with E-state index < -0.39 is 0 Å². The minimum absolute atomic E-state index is 1.02. The number of fused-ring (bicyclic) bond motifs is 4. The van der Waals surface area contributed by atoms with Crippen molar-refractivity contribution in [3.8, 4) is 30.6 Å². The summed E-state index contributed by atoms with van der Waals surface area (Å²) in [6.07, 6.45) is 36.1. The summed E-state index contributed by atoms with van der Waals surface area (Å²) >= 11 is 7.99. The minimum atomic E-state index is 1.02. The van der Waals surface area contributed by atoms with Crippen molar-refractivity contribution in [2.75, 3.05) is 0 Å². The van der Waals surface area contributed by atoms with Crippen LogP contribution in [0.4, 0.5) is 0 Å². The van der Waals surface area contributed by atoms with Crippen LogP contribution in [0.15, 0.2) is 36.4 Å². The molecule has 0 fully saturated rings. The first kappa shape index (κ1) is 52.9. The molecule has 6 heteroatoms. The zero-order chi connectivity index (χ0) is 47.8. The molecule has 0 aliphatic carbocycles. The van der Waals surface area contributed by atoms with Gasteiger partial charge in [-0.3, -0.25) is 0 Å². The lowest BCUT2D eigenvalue weighted by atomic mass is 9.91. The molecule has 68 heavy (non-hydrogen) atoms. The number of aromatic nitrogens is 2. The van der Waals surface area contributed by atoms with Gasteiger partial charge in [-0.25, -0.2) is 9.97 Å². The average molecular weight is 988 g/mol. The summed E-state index contributed by atoms with van der Waals surface area (Å²) in [6.45, 7) is 18.5. The Hall–Kier alpha value is -2.90. The van der Waals surface area contributed by atoms with E-state index in [-0.39, 0.29) is 0 Å². The molecule has 0 spiro atoms. The van der Waals surface area contributed by atoms with Crippen LogP contribution in [0.1, 0.15) is 225 Å². The molecular formula is C62H86N2S4. The van der Waals surface area contributed by atoms with Crippen LogP contribution in [-0.4, -0.2) is 9.97 Å². The predicted octanol–water partition coefficient (Wildman–Crippen LogP) is 22.0. The molecule has 0 atom stereocenters.